The third-order valence-electron chi connectivity index (χ3n) is 5.26. The zero-order chi connectivity index (χ0) is 17.7. The van der Waals surface area contributed by atoms with Crippen LogP contribution in [0.25, 0.3) is 11.1 Å². The Bertz CT molecular complexity index is 1010. The van der Waals surface area contributed by atoms with Crippen LogP contribution >= 0.6 is 0 Å². The number of pyridine rings is 1. The van der Waals surface area contributed by atoms with Crippen molar-refractivity contribution in [1.82, 2.24) is 4.98 Å². The van der Waals surface area contributed by atoms with Crippen LogP contribution in [0, 0.1) is 16.7 Å². The number of aromatic nitrogens is 1. The average Bonchev–Trinajstić information content (AvgIpc) is 3.25. The summed E-state index contributed by atoms with van der Waals surface area (Å²) in [5, 5.41) is 8.96. The fourth-order valence-electron chi connectivity index (χ4n) is 3.62. The van der Waals surface area contributed by atoms with Gasteiger partial charge in [0.25, 0.3) is 0 Å². The Kier molecular flexibility index (Phi) is 3.55. The van der Waals surface area contributed by atoms with Crippen LogP contribution < -0.4 is 0 Å². The molecule has 0 N–H and O–H groups in total. The zero-order valence-corrected chi connectivity index (χ0v) is 14.8. The maximum Gasteiger partial charge on any atom is 0.175 e. The van der Waals surface area contributed by atoms with Gasteiger partial charge in [0.2, 0.25) is 0 Å². The molecule has 4 rings (SSSR count). The van der Waals surface area contributed by atoms with Gasteiger partial charge in [0.1, 0.15) is 6.07 Å². The highest BCUT2D eigenvalue weighted by Gasteiger charge is 2.48. The van der Waals surface area contributed by atoms with Gasteiger partial charge < -0.3 is 0 Å². The van der Waals surface area contributed by atoms with Crippen molar-refractivity contribution in [2.45, 2.75) is 30.6 Å². The summed E-state index contributed by atoms with van der Waals surface area (Å²) < 4.78 is 23.4. The van der Waals surface area contributed by atoms with Crippen molar-refractivity contribution in [3.8, 4) is 6.07 Å². The Labute approximate surface area is 147 Å². The minimum atomic E-state index is -3.19. The van der Waals surface area contributed by atoms with Crippen LogP contribution in [-0.2, 0) is 9.84 Å². The Balaban J connectivity index is 1.76. The molecule has 0 aliphatic heterocycles. The summed E-state index contributed by atoms with van der Waals surface area (Å²) in [6, 6.07) is 13.0. The first-order valence-electron chi connectivity index (χ1n) is 8.29. The minimum Gasteiger partial charge on any atom is -0.255 e. The van der Waals surface area contributed by atoms with E-state index in [9.17, 15) is 8.42 Å². The van der Waals surface area contributed by atoms with Crippen LogP contribution in [-0.4, -0.2) is 19.7 Å². The second kappa shape index (κ2) is 5.53. The molecule has 25 heavy (non-hydrogen) atoms. The monoisotopic (exact) mass is 350 g/mol. The summed E-state index contributed by atoms with van der Waals surface area (Å²) in [5.41, 5.74) is 5.41. The van der Waals surface area contributed by atoms with Gasteiger partial charge in [0.05, 0.1) is 16.2 Å². The first kappa shape index (κ1) is 16.0. The Hall–Kier alpha value is -2.45. The van der Waals surface area contributed by atoms with E-state index in [1.807, 2.05) is 18.2 Å². The Morgan fingerprint density at radius 1 is 1.04 bits per heavy atom. The molecular weight excluding hydrogens is 332 g/mol. The third kappa shape index (κ3) is 2.98. The molecule has 126 valence electrons. The molecule has 1 aromatic carbocycles. The number of rotatable bonds is 3. The average molecular weight is 350 g/mol. The summed E-state index contributed by atoms with van der Waals surface area (Å²) in [5.74, 6) is 0. The second-order valence-electron chi connectivity index (χ2n) is 7.15. The summed E-state index contributed by atoms with van der Waals surface area (Å²) in [6.45, 7) is 0. The van der Waals surface area contributed by atoms with Gasteiger partial charge in [-0.1, -0.05) is 12.1 Å². The fraction of sp³-hybridized carbons (Fsp3) is 0.300. The molecule has 2 aliphatic carbocycles. The van der Waals surface area contributed by atoms with E-state index in [1.54, 1.807) is 24.4 Å². The summed E-state index contributed by atoms with van der Waals surface area (Å²) >= 11 is 0. The van der Waals surface area contributed by atoms with E-state index >= 15 is 0 Å². The molecule has 4 nitrogen and oxygen atoms in total. The smallest absolute Gasteiger partial charge is 0.175 e. The minimum absolute atomic E-state index is 0.342. The number of nitriles is 1. The van der Waals surface area contributed by atoms with Crippen LogP contribution in [0.3, 0.4) is 0 Å². The molecule has 0 saturated heterocycles. The largest absolute Gasteiger partial charge is 0.255 e. The highest BCUT2D eigenvalue weighted by atomic mass is 32.2. The maximum atomic E-state index is 11.7. The van der Waals surface area contributed by atoms with Gasteiger partial charge in [-0.2, -0.15) is 5.26 Å². The van der Waals surface area contributed by atoms with E-state index in [0.29, 0.717) is 15.9 Å². The normalized spacial score (nSPS) is 18.4. The molecule has 5 heteroatoms. The van der Waals surface area contributed by atoms with Gasteiger partial charge in [-0.25, -0.2) is 8.42 Å². The van der Waals surface area contributed by atoms with Crippen molar-refractivity contribution < 1.29 is 8.42 Å². The molecule has 2 aliphatic rings. The summed E-state index contributed by atoms with van der Waals surface area (Å²) in [4.78, 5) is 4.82. The summed E-state index contributed by atoms with van der Waals surface area (Å²) in [6.07, 6.45) is 7.33. The molecule has 1 heterocycles. The van der Waals surface area contributed by atoms with E-state index < -0.39 is 9.84 Å². The number of allylic oxidation sites excluding steroid dienone is 2. The lowest BCUT2D eigenvalue weighted by Crippen LogP contribution is -1.97. The lowest BCUT2D eigenvalue weighted by molar-refractivity contribution is 0.568. The third-order valence-corrected chi connectivity index (χ3v) is 6.39. The van der Waals surface area contributed by atoms with Gasteiger partial charge in [-0.15, -0.1) is 0 Å². The number of hydrogen-bond acceptors (Lipinski definition) is 4. The SMILES string of the molecule is CS(=O)(=O)c1ccc(C2=C(c3ccc(C#N)cn3)CC3(CC3)C2)cc1. The predicted molar refractivity (Wildman–Crippen MR) is 96.2 cm³/mol. The number of sulfone groups is 1. The Morgan fingerprint density at radius 2 is 1.72 bits per heavy atom. The van der Waals surface area contributed by atoms with Gasteiger partial charge in [-0.3, -0.25) is 4.98 Å². The van der Waals surface area contributed by atoms with Crippen molar-refractivity contribution in [3.63, 3.8) is 0 Å². The van der Waals surface area contributed by atoms with Crippen molar-refractivity contribution in [3.05, 3.63) is 59.4 Å². The van der Waals surface area contributed by atoms with Crippen LogP contribution in [0.2, 0.25) is 0 Å². The first-order chi connectivity index (χ1) is 11.9. The standard InChI is InChI=1S/C20H18N2O2S/c1-25(23,24)16-5-3-15(4-6-16)17-10-20(8-9-20)11-18(17)19-7-2-14(12-21)13-22-19/h2-7,13H,8-11H2,1H3. The molecule has 0 bridgehead atoms. The highest BCUT2D eigenvalue weighted by Crippen LogP contribution is 2.63. The van der Waals surface area contributed by atoms with E-state index in [2.05, 4.69) is 11.1 Å². The molecule has 0 unspecified atom stereocenters. The van der Waals surface area contributed by atoms with Crippen LogP contribution in [0.4, 0.5) is 0 Å². The molecule has 2 aromatic rings. The van der Waals surface area contributed by atoms with Crippen LogP contribution in [0.5, 0.6) is 0 Å². The summed E-state index contributed by atoms with van der Waals surface area (Å²) in [7, 11) is -3.19. The predicted octanol–water partition coefficient (Wildman–Crippen LogP) is 3.84. The van der Waals surface area contributed by atoms with Crippen LogP contribution in [0.15, 0.2) is 47.5 Å². The molecule has 1 saturated carbocycles. The van der Waals surface area contributed by atoms with E-state index in [4.69, 9.17) is 5.26 Å². The van der Waals surface area contributed by atoms with E-state index in [1.165, 1.54) is 30.2 Å². The maximum absolute atomic E-state index is 11.7. The highest BCUT2D eigenvalue weighted by molar-refractivity contribution is 7.90. The van der Waals surface area contributed by atoms with Gasteiger partial charge >= 0.3 is 0 Å². The molecule has 0 amide bonds. The number of nitrogens with zero attached hydrogens (tertiary/aromatic N) is 2. The molecule has 1 aromatic heterocycles. The van der Waals surface area contributed by atoms with Gasteiger partial charge in [-0.05, 0) is 72.1 Å². The topological polar surface area (TPSA) is 70.8 Å². The van der Waals surface area contributed by atoms with E-state index in [0.717, 1.165) is 24.1 Å². The molecule has 1 spiro atoms. The van der Waals surface area contributed by atoms with E-state index in [-0.39, 0.29) is 0 Å². The lowest BCUT2D eigenvalue weighted by Gasteiger charge is -2.08. The van der Waals surface area contributed by atoms with Gasteiger partial charge in [0, 0.05) is 12.5 Å². The van der Waals surface area contributed by atoms with Crippen molar-refractivity contribution >= 4 is 21.0 Å². The Morgan fingerprint density at radius 3 is 2.24 bits per heavy atom. The molecule has 0 atom stereocenters. The lowest BCUT2D eigenvalue weighted by atomic mass is 9.99. The van der Waals surface area contributed by atoms with Crippen molar-refractivity contribution in [1.29, 1.82) is 5.26 Å². The second-order valence-corrected chi connectivity index (χ2v) is 9.17. The first-order valence-corrected chi connectivity index (χ1v) is 10.2. The molecule has 0 radical (unpaired) electrons. The van der Waals surface area contributed by atoms with Crippen molar-refractivity contribution in [2.24, 2.45) is 5.41 Å². The molecule has 1 fully saturated rings. The quantitative estimate of drug-likeness (QED) is 0.843. The fourth-order valence-corrected chi connectivity index (χ4v) is 4.25. The molecular formula is C20H18N2O2S. The van der Waals surface area contributed by atoms with Crippen molar-refractivity contribution in [2.75, 3.05) is 6.26 Å². The van der Waals surface area contributed by atoms with Crippen LogP contribution in [0.1, 0.15) is 42.5 Å². The number of hydrogen-bond donors (Lipinski definition) is 0. The number of benzene rings is 1. The zero-order valence-electron chi connectivity index (χ0n) is 14.0. The van der Waals surface area contributed by atoms with Gasteiger partial charge in [0.15, 0.2) is 9.84 Å².